The first kappa shape index (κ1) is 15.9. The van der Waals surface area contributed by atoms with Crippen LogP contribution < -0.4 is 0 Å². The monoisotopic (exact) mass is 325 g/mol. The molecule has 1 aromatic carbocycles. The summed E-state index contributed by atoms with van der Waals surface area (Å²) in [6, 6.07) is 5.70. The minimum absolute atomic E-state index is 0.0263. The molecule has 112 valence electrons. The minimum Gasteiger partial charge on any atom is -0.481 e. The summed E-state index contributed by atoms with van der Waals surface area (Å²) in [7, 11) is 0. The second-order valence-electron chi connectivity index (χ2n) is 4.60. The molecule has 0 atom stereocenters. The maximum absolute atomic E-state index is 10.7. The van der Waals surface area contributed by atoms with Gasteiger partial charge in [-0.1, -0.05) is 30.3 Å². The fraction of sp³-hybridized carbons (Fsp3) is 0.357. The summed E-state index contributed by atoms with van der Waals surface area (Å²) >= 11 is 7.23. The van der Waals surface area contributed by atoms with Crippen molar-refractivity contribution in [3.8, 4) is 11.4 Å². The third kappa shape index (κ3) is 3.77. The van der Waals surface area contributed by atoms with Gasteiger partial charge in [-0.2, -0.15) is 0 Å². The molecular weight excluding hydrogens is 310 g/mol. The molecule has 0 saturated carbocycles. The molecule has 5 nitrogen and oxygen atoms in total. The lowest BCUT2D eigenvalue weighted by Gasteiger charge is -2.09. The number of aryl methyl sites for hydroxylation is 1. The van der Waals surface area contributed by atoms with E-state index in [2.05, 4.69) is 17.1 Å². The van der Waals surface area contributed by atoms with E-state index in [4.69, 9.17) is 16.7 Å². The Hall–Kier alpha value is -1.53. The number of nitrogens with zero attached hydrogens (tertiary/aromatic N) is 3. The van der Waals surface area contributed by atoms with Gasteiger partial charge in [-0.3, -0.25) is 4.79 Å². The number of benzene rings is 1. The summed E-state index contributed by atoms with van der Waals surface area (Å²) in [5, 5.41) is 18.5. The van der Waals surface area contributed by atoms with Crippen LogP contribution in [0.15, 0.2) is 23.4 Å². The summed E-state index contributed by atoms with van der Waals surface area (Å²) < 4.78 is 1.95. The SMILES string of the molecule is CCCn1c(SCC(=O)O)nnc1-c1ccc(Cl)c(C)c1. The first-order valence-electron chi connectivity index (χ1n) is 6.57. The molecule has 21 heavy (non-hydrogen) atoms. The molecule has 0 radical (unpaired) electrons. The number of aromatic nitrogens is 3. The van der Waals surface area contributed by atoms with E-state index in [9.17, 15) is 4.79 Å². The predicted molar refractivity (Wildman–Crippen MR) is 83.9 cm³/mol. The van der Waals surface area contributed by atoms with Crippen molar-refractivity contribution in [1.82, 2.24) is 14.8 Å². The van der Waals surface area contributed by atoms with E-state index in [1.807, 2.05) is 29.7 Å². The number of thioether (sulfide) groups is 1. The van der Waals surface area contributed by atoms with Gasteiger partial charge in [0.2, 0.25) is 0 Å². The lowest BCUT2D eigenvalue weighted by molar-refractivity contribution is -0.133. The van der Waals surface area contributed by atoms with Crippen LogP contribution in [0.25, 0.3) is 11.4 Å². The Morgan fingerprint density at radius 2 is 2.19 bits per heavy atom. The van der Waals surface area contributed by atoms with Gasteiger partial charge in [-0.25, -0.2) is 0 Å². The quantitative estimate of drug-likeness (QED) is 0.823. The third-order valence-corrected chi connectivity index (χ3v) is 4.28. The Morgan fingerprint density at radius 3 is 2.81 bits per heavy atom. The predicted octanol–water partition coefficient (Wildman–Crippen LogP) is 3.49. The fourth-order valence-electron chi connectivity index (χ4n) is 1.94. The Kier molecular flexibility index (Phi) is 5.25. The Morgan fingerprint density at radius 1 is 1.43 bits per heavy atom. The van der Waals surface area contributed by atoms with E-state index in [1.165, 1.54) is 11.8 Å². The van der Waals surface area contributed by atoms with Crippen LogP contribution in [0.5, 0.6) is 0 Å². The standard InChI is InChI=1S/C14H16ClN3O2S/c1-3-6-18-13(10-4-5-11(15)9(2)7-10)16-17-14(18)21-8-12(19)20/h4-5,7H,3,6,8H2,1-2H3,(H,19,20). The number of carboxylic acid groups (broad SMARTS) is 1. The molecule has 0 unspecified atom stereocenters. The lowest BCUT2D eigenvalue weighted by atomic mass is 10.1. The Balaban J connectivity index is 2.38. The number of aliphatic carboxylic acids is 1. The molecule has 7 heteroatoms. The van der Waals surface area contributed by atoms with Gasteiger partial charge in [0.15, 0.2) is 11.0 Å². The van der Waals surface area contributed by atoms with Gasteiger partial charge in [0.25, 0.3) is 0 Å². The number of hydrogen-bond donors (Lipinski definition) is 1. The molecule has 0 aliphatic carbocycles. The molecule has 1 heterocycles. The van der Waals surface area contributed by atoms with E-state index in [0.29, 0.717) is 10.2 Å². The molecule has 1 N–H and O–H groups in total. The topological polar surface area (TPSA) is 68.0 Å². The third-order valence-electron chi connectivity index (χ3n) is 2.90. The van der Waals surface area contributed by atoms with Crippen molar-refractivity contribution >= 4 is 29.3 Å². The fourth-order valence-corrected chi connectivity index (χ4v) is 2.75. The largest absolute Gasteiger partial charge is 0.481 e. The molecule has 0 spiro atoms. The van der Waals surface area contributed by atoms with Crippen molar-refractivity contribution in [2.24, 2.45) is 0 Å². The maximum atomic E-state index is 10.7. The van der Waals surface area contributed by atoms with Crippen LogP contribution in [0.1, 0.15) is 18.9 Å². The average Bonchev–Trinajstić information content (AvgIpc) is 2.83. The molecular formula is C14H16ClN3O2S. The van der Waals surface area contributed by atoms with Crippen molar-refractivity contribution < 1.29 is 9.90 Å². The zero-order chi connectivity index (χ0) is 15.4. The normalized spacial score (nSPS) is 10.8. The van der Waals surface area contributed by atoms with Gasteiger partial charge in [0.1, 0.15) is 0 Å². The smallest absolute Gasteiger partial charge is 0.313 e. The Labute approximate surface area is 132 Å². The highest BCUT2D eigenvalue weighted by Crippen LogP contribution is 2.27. The van der Waals surface area contributed by atoms with Crippen molar-refractivity contribution in [3.63, 3.8) is 0 Å². The van der Waals surface area contributed by atoms with Crippen LogP contribution in [0.4, 0.5) is 0 Å². The van der Waals surface area contributed by atoms with Crippen molar-refractivity contribution in [2.45, 2.75) is 32.0 Å². The van der Waals surface area contributed by atoms with E-state index in [1.54, 1.807) is 0 Å². The van der Waals surface area contributed by atoms with Crippen LogP contribution in [0, 0.1) is 6.92 Å². The molecule has 0 amide bonds. The summed E-state index contributed by atoms with van der Waals surface area (Å²) in [6.07, 6.45) is 0.915. The van der Waals surface area contributed by atoms with Crippen molar-refractivity contribution in [3.05, 3.63) is 28.8 Å². The molecule has 0 aliphatic heterocycles. The number of hydrogen-bond acceptors (Lipinski definition) is 4. The molecule has 0 aliphatic rings. The average molecular weight is 326 g/mol. The summed E-state index contributed by atoms with van der Waals surface area (Å²) in [4.78, 5) is 10.7. The van der Waals surface area contributed by atoms with Crippen LogP contribution in [-0.4, -0.2) is 31.6 Å². The molecule has 2 rings (SSSR count). The minimum atomic E-state index is -0.866. The highest BCUT2D eigenvalue weighted by Gasteiger charge is 2.15. The first-order chi connectivity index (χ1) is 10.0. The van der Waals surface area contributed by atoms with Gasteiger partial charge in [-0.05, 0) is 37.1 Å². The van der Waals surface area contributed by atoms with Gasteiger partial charge in [-0.15, -0.1) is 10.2 Å². The van der Waals surface area contributed by atoms with E-state index < -0.39 is 5.97 Å². The Bertz CT molecular complexity index is 658. The van der Waals surface area contributed by atoms with Crippen molar-refractivity contribution in [2.75, 3.05) is 5.75 Å². The highest BCUT2D eigenvalue weighted by molar-refractivity contribution is 7.99. The van der Waals surface area contributed by atoms with Gasteiger partial charge in [0.05, 0.1) is 5.75 Å². The molecule has 0 saturated heterocycles. The molecule has 0 bridgehead atoms. The summed E-state index contributed by atoms with van der Waals surface area (Å²) in [6.45, 7) is 4.74. The zero-order valence-corrected chi connectivity index (χ0v) is 13.4. The van der Waals surface area contributed by atoms with E-state index in [0.717, 1.165) is 29.9 Å². The van der Waals surface area contributed by atoms with E-state index in [-0.39, 0.29) is 5.75 Å². The molecule has 1 aromatic heterocycles. The summed E-state index contributed by atoms with van der Waals surface area (Å²) in [5.74, 6) is -0.152. The summed E-state index contributed by atoms with van der Waals surface area (Å²) in [5.41, 5.74) is 1.90. The van der Waals surface area contributed by atoms with Crippen LogP contribution in [-0.2, 0) is 11.3 Å². The number of carbonyl (C=O) groups is 1. The van der Waals surface area contributed by atoms with Gasteiger partial charge >= 0.3 is 5.97 Å². The van der Waals surface area contributed by atoms with Gasteiger partial charge < -0.3 is 9.67 Å². The van der Waals surface area contributed by atoms with E-state index >= 15 is 0 Å². The van der Waals surface area contributed by atoms with Gasteiger partial charge in [0, 0.05) is 17.1 Å². The number of rotatable bonds is 6. The van der Waals surface area contributed by atoms with Crippen LogP contribution in [0.3, 0.4) is 0 Å². The first-order valence-corrected chi connectivity index (χ1v) is 7.93. The number of carboxylic acids is 1. The lowest BCUT2D eigenvalue weighted by Crippen LogP contribution is -2.04. The van der Waals surface area contributed by atoms with Crippen molar-refractivity contribution in [1.29, 1.82) is 0 Å². The molecule has 0 fully saturated rings. The zero-order valence-electron chi connectivity index (χ0n) is 11.8. The van der Waals surface area contributed by atoms with Crippen LogP contribution >= 0.6 is 23.4 Å². The molecule has 2 aromatic rings. The van der Waals surface area contributed by atoms with Crippen LogP contribution in [0.2, 0.25) is 5.02 Å². The second kappa shape index (κ2) is 6.95. The highest BCUT2D eigenvalue weighted by atomic mass is 35.5. The number of halogens is 1. The maximum Gasteiger partial charge on any atom is 0.313 e. The second-order valence-corrected chi connectivity index (χ2v) is 5.95.